The van der Waals surface area contributed by atoms with E-state index in [1.807, 2.05) is 0 Å². The number of aromatic nitrogens is 1. The summed E-state index contributed by atoms with van der Waals surface area (Å²) >= 11 is 0. The molecule has 2 aromatic rings. The Labute approximate surface area is 241 Å². The van der Waals surface area contributed by atoms with Gasteiger partial charge in [0.05, 0.1) is 30.4 Å². The molecule has 232 valence electrons. The fourth-order valence-electron chi connectivity index (χ4n) is 4.48. The molecular formula is C26H27F5N6O6. The Morgan fingerprint density at radius 1 is 1.14 bits per heavy atom. The lowest BCUT2D eigenvalue weighted by molar-refractivity contribution is -0.160. The van der Waals surface area contributed by atoms with Crippen molar-refractivity contribution in [3.8, 4) is 0 Å². The fourth-order valence-corrected chi connectivity index (χ4v) is 4.48. The summed E-state index contributed by atoms with van der Waals surface area (Å²) in [6.45, 7) is -0.495. The molecule has 12 nitrogen and oxygen atoms in total. The first-order valence-electron chi connectivity index (χ1n) is 13.0. The number of hydrogen-bond acceptors (Lipinski definition) is 8. The Hall–Kier alpha value is -4.70. The standard InChI is InChI=1S/C26H27F5N6O6/c1-15(34-24(40)42-14-26(29,30)31)20-13-37(25(41)43-20)17-9-18(27)22(19(28)10-17)36-7-5-35(6-8-36)21(38)12-33-23(39)16-3-2-4-32-11-16/h2-4,9-11,15,20H,5-8,12-14H2,1H3,(H,33,39)(H,34,40)/t15-,20?/m0/s1. The highest BCUT2D eigenvalue weighted by molar-refractivity contribution is 5.96. The van der Waals surface area contributed by atoms with Crippen LogP contribution in [-0.2, 0) is 14.3 Å². The Kier molecular flexibility index (Phi) is 9.50. The number of rotatable bonds is 8. The van der Waals surface area contributed by atoms with Gasteiger partial charge in [0.15, 0.2) is 18.2 Å². The van der Waals surface area contributed by atoms with Gasteiger partial charge in [0.2, 0.25) is 5.91 Å². The van der Waals surface area contributed by atoms with Gasteiger partial charge in [-0.2, -0.15) is 13.2 Å². The number of carbonyl (C=O) groups is 4. The van der Waals surface area contributed by atoms with Crippen LogP contribution in [0.5, 0.6) is 0 Å². The quantitative estimate of drug-likeness (QED) is 0.434. The van der Waals surface area contributed by atoms with Crippen molar-refractivity contribution in [1.29, 1.82) is 0 Å². The number of piperazine rings is 1. The highest BCUT2D eigenvalue weighted by Gasteiger charge is 2.38. The van der Waals surface area contributed by atoms with Gasteiger partial charge in [-0.05, 0) is 19.1 Å². The van der Waals surface area contributed by atoms with Gasteiger partial charge in [-0.25, -0.2) is 18.4 Å². The molecule has 2 fully saturated rings. The minimum Gasteiger partial charge on any atom is -0.442 e. The van der Waals surface area contributed by atoms with Crippen LogP contribution >= 0.6 is 0 Å². The molecule has 2 aliphatic heterocycles. The van der Waals surface area contributed by atoms with E-state index in [0.29, 0.717) is 5.56 Å². The van der Waals surface area contributed by atoms with E-state index in [2.05, 4.69) is 20.4 Å². The van der Waals surface area contributed by atoms with Crippen LogP contribution in [0.2, 0.25) is 0 Å². The number of ether oxygens (including phenoxy) is 2. The van der Waals surface area contributed by atoms with Gasteiger partial charge in [0, 0.05) is 50.7 Å². The Morgan fingerprint density at radius 2 is 1.81 bits per heavy atom. The second-order valence-electron chi connectivity index (χ2n) is 9.71. The number of benzene rings is 1. The highest BCUT2D eigenvalue weighted by Crippen LogP contribution is 2.32. The molecule has 1 unspecified atom stereocenters. The number of anilines is 2. The molecule has 0 bridgehead atoms. The maximum atomic E-state index is 15.2. The van der Waals surface area contributed by atoms with Crippen LogP contribution in [0.15, 0.2) is 36.7 Å². The van der Waals surface area contributed by atoms with E-state index >= 15 is 8.78 Å². The summed E-state index contributed by atoms with van der Waals surface area (Å²) < 4.78 is 76.2. The normalized spacial score (nSPS) is 17.8. The van der Waals surface area contributed by atoms with Crippen LogP contribution in [0.25, 0.3) is 0 Å². The van der Waals surface area contributed by atoms with Crippen LogP contribution in [-0.4, -0.2) is 98.1 Å². The lowest BCUT2D eigenvalue weighted by atomic mass is 10.1. The zero-order valence-electron chi connectivity index (χ0n) is 22.7. The van der Waals surface area contributed by atoms with Crippen LogP contribution in [0, 0.1) is 11.6 Å². The van der Waals surface area contributed by atoms with Gasteiger partial charge in [-0.3, -0.25) is 19.5 Å². The summed E-state index contributed by atoms with van der Waals surface area (Å²) in [5.41, 5.74) is -0.230. The largest absolute Gasteiger partial charge is 0.442 e. The van der Waals surface area contributed by atoms with Crippen molar-refractivity contribution < 1.29 is 50.6 Å². The number of carbonyl (C=O) groups excluding carboxylic acids is 4. The molecule has 4 amide bonds. The van der Waals surface area contributed by atoms with Gasteiger partial charge >= 0.3 is 18.4 Å². The lowest BCUT2D eigenvalue weighted by Gasteiger charge is -2.36. The third-order valence-electron chi connectivity index (χ3n) is 6.69. The fraction of sp³-hybridized carbons (Fsp3) is 0.423. The van der Waals surface area contributed by atoms with Crippen molar-refractivity contribution in [1.82, 2.24) is 20.5 Å². The zero-order chi connectivity index (χ0) is 31.3. The van der Waals surface area contributed by atoms with Gasteiger partial charge in [-0.1, -0.05) is 0 Å². The van der Waals surface area contributed by atoms with Crippen LogP contribution in [0.1, 0.15) is 17.3 Å². The van der Waals surface area contributed by atoms with Crippen LogP contribution in [0.4, 0.5) is 42.9 Å². The van der Waals surface area contributed by atoms with Crippen molar-refractivity contribution in [3.63, 3.8) is 0 Å². The van der Waals surface area contributed by atoms with Crippen molar-refractivity contribution in [2.75, 3.05) is 55.7 Å². The molecule has 2 atom stereocenters. The van der Waals surface area contributed by atoms with E-state index in [-0.39, 0.29) is 56.6 Å². The summed E-state index contributed by atoms with van der Waals surface area (Å²) in [5, 5.41) is 4.63. The van der Waals surface area contributed by atoms with E-state index < -0.39 is 54.7 Å². The van der Waals surface area contributed by atoms with E-state index in [4.69, 9.17) is 4.74 Å². The predicted molar refractivity (Wildman–Crippen MR) is 139 cm³/mol. The van der Waals surface area contributed by atoms with E-state index in [1.165, 1.54) is 29.1 Å². The molecule has 1 aromatic heterocycles. The smallest absolute Gasteiger partial charge is 0.422 e. The molecule has 2 aliphatic rings. The SMILES string of the molecule is C[C@H](NC(=O)OCC(F)(F)F)C1CN(c2cc(F)c(N3CCN(C(=O)CNC(=O)c4cccnc4)CC3)c(F)c2)C(=O)O1. The molecule has 3 heterocycles. The Bertz CT molecular complexity index is 1330. The Morgan fingerprint density at radius 3 is 2.42 bits per heavy atom. The van der Waals surface area contributed by atoms with E-state index in [1.54, 1.807) is 12.1 Å². The van der Waals surface area contributed by atoms with Crippen molar-refractivity contribution in [2.24, 2.45) is 0 Å². The van der Waals surface area contributed by atoms with Crippen LogP contribution < -0.4 is 20.4 Å². The summed E-state index contributed by atoms with van der Waals surface area (Å²) in [5.74, 6) is -2.78. The number of alkyl carbamates (subject to hydrolysis) is 1. The molecule has 2 saturated heterocycles. The summed E-state index contributed by atoms with van der Waals surface area (Å²) in [7, 11) is 0. The third-order valence-corrected chi connectivity index (χ3v) is 6.69. The van der Waals surface area contributed by atoms with E-state index in [0.717, 1.165) is 17.0 Å². The highest BCUT2D eigenvalue weighted by atomic mass is 19.4. The number of nitrogens with zero attached hydrogens (tertiary/aromatic N) is 4. The van der Waals surface area contributed by atoms with E-state index in [9.17, 15) is 32.3 Å². The molecule has 0 spiro atoms. The van der Waals surface area contributed by atoms with Crippen molar-refractivity contribution in [2.45, 2.75) is 25.2 Å². The number of halogens is 5. The van der Waals surface area contributed by atoms with Gasteiger partial charge in [-0.15, -0.1) is 0 Å². The molecule has 1 aromatic carbocycles. The second-order valence-corrected chi connectivity index (χ2v) is 9.71. The maximum Gasteiger partial charge on any atom is 0.422 e. The van der Waals surface area contributed by atoms with Crippen molar-refractivity contribution >= 4 is 35.4 Å². The summed E-state index contributed by atoms with van der Waals surface area (Å²) in [4.78, 5) is 56.3. The first-order chi connectivity index (χ1) is 20.3. The summed E-state index contributed by atoms with van der Waals surface area (Å²) in [6, 6.07) is 4.02. The number of cyclic esters (lactones) is 1. The number of pyridine rings is 1. The van der Waals surface area contributed by atoms with Crippen molar-refractivity contribution in [3.05, 3.63) is 53.9 Å². The second kappa shape index (κ2) is 13.1. The Balaban J connectivity index is 1.31. The number of amides is 4. The van der Waals surface area contributed by atoms with Crippen LogP contribution in [0.3, 0.4) is 0 Å². The molecule has 0 radical (unpaired) electrons. The number of hydrogen-bond donors (Lipinski definition) is 2. The molecule has 0 aliphatic carbocycles. The topological polar surface area (TPSA) is 133 Å². The average Bonchev–Trinajstić information content (AvgIpc) is 3.36. The first-order valence-corrected chi connectivity index (χ1v) is 13.0. The van der Waals surface area contributed by atoms with Gasteiger partial charge in [0.1, 0.15) is 11.8 Å². The maximum absolute atomic E-state index is 15.2. The number of alkyl halides is 3. The minimum absolute atomic E-state index is 0.0942. The predicted octanol–water partition coefficient (Wildman–Crippen LogP) is 2.44. The number of nitrogens with one attached hydrogen (secondary N) is 2. The molecule has 0 saturated carbocycles. The average molecular weight is 615 g/mol. The lowest BCUT2D eigenvalue weighted by Crippen LogP contribution is -2.51. The molecule has 17 heteroatoms. The van der Waals surface area contributed by atoms with Gasteiger partial charge in [0.25, 0.3) is 5.91 Å². The monoisotopic (exact) mass is 614 g/mol. The third kappa shape index (κ3) is 7.98. The molecule has 43 heavy (non-hydrogen) atoms. The minimum atomic E-state index is -4.72. The summed E-state index contributed by atoms with van der Waals surface area (Å²) in [6.07, 6.45) is -5.25. The molecule has 2 N–H and O–H groups in total. The molecule has 4 rings (SSSR count). The first kappa shape index (κ1) is 31.2. The molecular weight excluding hydrogens is 587 g/mol. The van der Waals surface area contributed by atoms with Gasteiger partial charge < -0.3 is 29.9 Å². The zero-order valence-corrected chi connectivity index (χ0v) is 22.7.